The van der Waals surface area contributed by atoms with E-state index in [0.29, 0.717) is 23.4 Å². The normalized spacial score (nSPS) is 10.5. The molecule has 0 aliphatic heterocycles. The van der Waals surface area contributed by atoms with Crippen LogP contribution in [0.1, 0.15) is 34.5 Å². The average molecular weight is 293 g/mol. The Balaban J connectivity index is 1.92. The molecule has 5 nitrogen and oxygen atoms in total. The molecule has 0 aliphatic rings. The van der Waals surface area contributed by atoms with E-state index in [4.69, 9.17) is 4.84 Å². The SMILES string of the molecule is C/C(=N\OCC#Cc1cccc(C=O)n1)c1cccc(C)n1. The van der Waals surface area contributed by atoms with Crippen molar-refractivity contribution in [3.05, 3.63) is 59.2 Å². The summed E-state index contributed by atoms with van der Waals surface area (Å²) < 4.78 is 0. The van der Waals surface area contributed by atoms with E-state index < -0.39 is 0 Å². The van der Waals surface area contributed by atoms with Crippen molar-refractivity contribution in [3.8, 4) is 11.8 Å². The molecule has 2 heterocycles. The lowest BCUT2D eigenvalue weighted by molar-refractivity contribution is 0.111. The van der Waals surface area contributed by atoms with Gasteiger partial charge < -0.3 is 4.84 Å². The first-order chi connectivity index (χ1) is 10.7. The predicted molar refractivity (Wildman–Crippen MR) is 83.6 cm³/mol. The molecule has 0 spiro atoms. The average Bonchev–Trinajstić information content (AvgIpc) is 2.54. The molecule has 0 saturated carbocycles. The van der Waals surface area contributed by atoms with Gasteiger partial charge in [-0.05, 0) is 44.0 Å². The molecule has 0 fully saturated rings. The maximum absolute atomic E-state index is 10.6. The summed E-state index contributed by atoms with van der Waals surface area (Å²) in [5, 5.41) is 3.98. The Bertz CT molecular complexity index is 758. The maximum Gasteiger partial charge on any atom is 0.177 e. The van der Waals surface area contributed by atoms with Crippen LogP contribution in [-0.2, 0) is 4.84 Å². The summed E-state index contributed by atoms with van der Waals surface area (Å²) in [5.74, 6) is 5.61. The highest BCUT2D eigenvalue weighted by molar-refractivity contribution is 5.96. The third kappa shape index (κ3) is 4.53. The van der Waals surface area contributed by atoms with Crippen LogP contribution in [0.4, 0.5) is 0 Å². The smallest absolute Gasteiger partial charge is 0.177 e. The van der Waals surface area contributed by atoms with Gasteiger partial charge in [-0.2, -0.15) is 0 Å². The number of carbonyl (C=O) groups excluding carboxylic acids is 1. The Morgan fingerprint density at radius 1 is 1.27 bits per heavy atom. The molecule has 0 N–H and O–H groups in total. The van der Waals surface area contributed by atoms with Crippen LogP contribution in [0.2, 0.25) is 0 Å². The number of oxime groups is 1. The lowest BCUT2D eigenvalue weighted by atomic mass is 10.2. The maximum atomic E-state index is 10.6. The zero-order valence-corrected chi connectivity index (χ0v) is 12.4. The molecule has 0 aromatic carbocycles. The van der Waals surface area contributed by atoms with Gasteiger partial charge in [0.05, 0.1) is 5.69 Å². The summed E-state index contributed by atoms with van der Waals surface area (Å²) >= 11 is 0. The fraction of sp³-hybridized carbons (Fsp3) is 0.176. The summed E-state index contributed by atoms with van der Waals surface area (Å²) in [5.41, 5.74) is 3.26. The molecule has 5 heteroatoms. The van der Waals surface area contributed by atoms with E-state index in [1.54, 1.807) is 18.2 Å². The fourth-order valence-electron chi connectivity index (χ4n) is 1.67. The van der Waals surface area contributed by atoms with Crippen molar-refractivity contribution in [3.63, 3.8) is 0 Å². The topological polar surface area (TPSA) is 64.4 Å². The highest BCUT2D eigenvalue weighted by Gasteiger charge is 1.99. The Morgan fingerprint density at radius 3 is 2.86 bits per heavy atom. The van der Waals surface area contributed by atoms with E-state index in [0.717, 1.165) is 11.4 Å². The highest BCUT2D eigenvalue weighted by Crippen LogP contribution is 2.00. The lowest BCUT2D eigenvalue weighted by Crippen LogP contribution is -2.00. The molecule has 0 radical (unpaired) electrons. The van der Waals surface area contributed by atoms with E-state index in [2.05, 4.69) is 27.0 Å². The van der Waals surface area contributed by atoms with Crippen LogP contribution in [0, 0.1) is 18.8 Å². The highest BCUT2D eigenvalue weighted by atomic mass is 16.6. The molecule has 2 aromatic heterocycles. The second-order valence-corrected chi connectivity index (χ2v) is 4.48. The molecule has 0 unspecified atom stereocenters. The van der Waals surface area contributed by atoms with Crippen molar-refractivity contribution in [2.45, 2.75) is 13.8 Å². The molecule has 0 saturated heterocycles. The van der Waals surface area contributed by atoms with Gasteiger partial charge in [-0.1, -0.05) is 23.2 Å². The number of aromatic nitrogens is 2. The number of hydrogen-bond donors (Lipinski definition) is 0. The first-order valence-corrected chi connectivity index (χ1v) is 6.71. The van der Waals surface area contributed by atoms with E-state index in [9.17, 15) is 4.79 Å². The summed E-state index contributed by atoms with van der Waals surface area (Å²) in [4.78, 5) is 24.1. The third-order valence-electron chi connectivity index (χ3n) is 2.71. The van der Waals surface area contributed by atoms with Crippen LogP contribution in [0.3, 0.4) is 0 Å². The molecule has 0 aliphatic carbocycles. The Hall–Kier alpha value is -3.00. The van der Waals surface area contributed by atoms with Crippen LogP contribution < -0.4 is 0 Å². The molecule has 2 rings (SSSR count). The van der Waals surface area contributed by atoms with Crippen molar-refractivity contribution < 1.29 is 9.63 Å². The molecule has 22 heavy (non-hydrogen) atoms. The zero-order chi connectivity index (χ0) is 15.8. The molecule has 0 bridgehead atoms. The number of aryl methyl sites for hydroxylation is 1. The number of hydrogen-bond acceptors (Lipinski definition) is 5. The van der Waals surface area contributed by atoms with Gasteiger partial charge in [0.15, 0.2) is 12.9 Å². The lowest BCUT2D eigenvalue weighted by Gasteiger charge is -2.00. The van der Waals surface area contributed by atoms with Gasteiger partial charge in [0.2, 0.25) is 0 Å². The van der Waals surface area contributed by atoms with Crippen LogP contribution in [0.25, 0.3) is 0 Å². The second kappa shape index (κ2) is 7.70. The summed E-state index contributed by atoms with van der Waals surface area (Å²) in [6.45, 7) is 3.88. The van der Waals surface area contributed by atoms with Crippen molar-refractivity contribution in [2.24, 2.45) is 5.16 Å². The van der Waals surface area contributed by atoms with Crippen molar-refractivity contribution in [2.75, 3.05) is 6.61 Å². The first-order valence-electron chi connectivity index (χ1n) is 6.71. The zero-order valence-electron chi connectivity index (χ0n) is 12.4. The monoisotopic (exact) mass is 293 g/mol. The summed E-state index contributed by atoms with van der Waals surface area (Å²) in [7, 11) is 0. The summed E-state index contributed by atoms with van der Waals surface area (Å²) in [6.07, 6.45) is 0.685. The largest absolute Gasteiger partial charge is 0.382 e. The van der Waals surface area contributed by atoms with Crippen LogP contribution in [0.5, 0.6) is 0 Å². The molecular formula is C17H15N3O2. The standard InChI is InChI=1S/C17H15N3O2/c1-13-6-3-10-17(18-13)14(2)20-22-11-5-9-15-7-4-8-16(12-21)19-15/h3-4,6-8,10,12H,11H2,1-2H3/b20-14+. The second-order valence-electron chi connectivity index (χ2n) is 4.48. The van der Waals surface area contributed by atoms with E-state index >= 15 is 0 Å². The van der Waals surface area contributed by atoms with Gasteiger partial charge >= 0.3 is 0 Å². The van der Waals surface area contributed by atoms with Gasteiger partial charge in [0, 0.05) is 5.69 Å². The summed E-state index contributed by atoms with van der Waals surface area (Å²) in [6, 6.07) is 10.8. The minimum atomic E-state index is 0.135. The quantitative estimate of drug-likeness (QED) is 0.285. The number of nitrogens with zero attached hydrogens (tertiary/aromatic N) is 3. The Morgan fingerprint density at radius 2 is 2.09 bits per heavy atom. The van der Waals surface area contributed by atoms with Crippen LogP contribution >= 0.6 is 0 Å². The number of carbonyl (C=O) groups is 1. The molecule has 0 atom stereocenters. The molecule has 2 aromatic rings. The van der Waals surface area contributed by atoms with Gasteiger partial charge in [-0.25, -0.2) is 4.98 Å². The van der Waals surface area contributed by atoms with Gasteiger partial charge in [-0.3, -0.25) is 9.78 Å². The van der Waals surface area contributed by atoms with Gasteiger partial charge in [-0.15, -0.1) is 0 Å². The number of pyridine rings is 2. The van der Waals surface area contributed by atoms with Crippen molar-refractivity contribution >= 4 is 12.0 Å². The van der Waals surface area contributed by atoms with Gasteiger partial charge in [0.25, 0.3) is 0 Å². The van der Waals surface area contributed by atoms with Crippen LogP contribution in [-0.4, -0.2) is 28.6 Å². The molecule has 110 valence electrons. The number of aldehydes is 1. The first kappa shape index (κ1) is 15.4. The Kier molecular flexibility index (Phi) is 5.38. The fourth-order valence-corrected chi connectivity index (χ4v) is 1.67. The minimum absolute atomic E-state index is 0.135. The van der Waals surface area contributed by atoms with E-state index in [1.165, 1.54) is 0 Å². The van der Waals surface area contributed by atoms with E-state index in [1.807, 2.05) is 32.0 Å². The minimum Gasteiger partial charge on any atom is -0.382 e. The number of rotatable bonds is 4. The van der Waals surface area contributed by atoms with Crippen molar-refractivity contribution in [1.82, 2.24) is 9.97 Å². The van der Waals surface area contributed by atoms with Gasteiger partial charge in [0.1, 0.15) is 17.1 Å². The molecule has 0 amide bonds. The van der Waals surface area contributed by atoms with Crippen LogP contribution in [0.15, 0.2) is 41.6 Å². The Labute approximate surface area is 129 Å². The third-order valence-corrected chi connectivity index (χ3v) is 2.71. The van der Waals surface area contributed by atoms with E-state index in [-0.39, 0.29) is 6.61 Å². The predicted octanol–water partition coefficient (Wildman–Crippen LogP) is 2.39. The molecular weight excluding hydrogens is 278 g/mol. The van der Waals surface area contributed by atoms with Crippen molar-refractivity contribution in [1.29, 1.82) is 0 Å².